The zero-order valence-electron chi connectivity index (χ0n) is 15.7. The SMILES string of the molecule is COCCCN1CCC(CNC(=O)c2cccc(-c3nccc(N)n3)c2)C1. The lowest BCUT2D eigenvalue weighted by Gasteiger charge is -2.16. The molecule has 0 radical (unpaired) electrons. The van der Waals surface area contributed by atoms with E-state index in [-0.39, 0.29) is 5.91 Å². The maximum absolute atomic E-state index is 12.5. The molecule has 1 amide bonds. The zero-order valence-corrected chi connectivity index (χ0v) is 15.7. The Bertz CT molecular complexity index is 768. The van der Waals surface area contributed by atoms with Crippen molar-refractivity contribution in [2.45, 2.75) is 12.8 Å². The highest BCUT2D eigenvalue weighted by molar-refractivity contribution is 5.95. The first-order valence-corrected chi connectivity index (χ1v) is 9.34. The number of likely N-dealkylation sites (tertiary alicyclic amines) is 1. The van der Waals surface area contributed by atoms with Gasteiger partial charge in [-0.15, -0.1) is 0 Å². The van der Waals surface area contributed by atoms with E-state index in [9.17, 15) is 4.79 Å². The van der Waals surface area contributed by atoms with Gasteiger partial charge in [-0.05, 0) is 43.5 Å². The molecule has 1 saturated heterocycles. The van der Waals surface area contributed by atoms with Gasteiger partial charge in [0, 0.05) is 50.7 Å². The molecule has 7 heteroatoms. The maximum atomic E-state index is 12.5. The largest absolute Gasteiger partial charge is 0.385 e. The monoisotopic (exact) mass is 369 g/mol. The van der Waals surface area contributed by atoms with Crippen molar-refractivity contribution in [3.05, 3.63) is 42.1 Å². The molecule has 7 nitrogen and oxygen atoms in total. The lowest BCUT2D eigenvalue weighted by molar-refractivity contribution is 0.0947. The Balaban J connectivity index is 1.52. The summed E-state index contributed by atoms with van der Waals surface area (Å²) in [5.74, 6) is 1.36. The third-order valence-electron chi connectivity index (χ3n) is 4.80. The highest BCUT2D eigenvalue weighted by Gasteiger charge is 2.22. The molecule has 1 aromatic heterocycles. The second kappa shape index (κ2) is 9.43. The van der Waals surface area contributed by atoms with Crippen molar-refractivity contribution in [2.24, 2.45) is 5.92 Å². The number of hydrogen-bond acceptors (Lipinski definition) is 6. The Kier molecular flexibility index (Phi) is 6.73. The lowest BCUT2D eigenvalue weighted by atomic mass is 10.1. The normalized spacial score (nSPS) is 17.1. The second-order valence-corrected chi connectivity index (χ2v) is 6.90. The summed E-state index contributed by atoms with van der Waals surface area (Å²) in [6.45, 7) is 4.66. The number of hydrogen-bond donors (Lipinski definition) is 2. The Morgan fingerprint density at radius 2 is 2.30 bits per heavy atom. The van der Waals surface area contributed by atoms with Crippen molar-refractivity contribution in [1.82, 2.24) is 20.2 Å². The lowest BCUT2D eigenvalue weighted by Crippen LogP contribution is -2.31. The summed E-state index contributed by atoms with van der Waals surface area (Å²) in [7, 11) is 1.73. The van der Waals surface area contributed by atoms with Gasteiger partial charge in [-0.1, -0.05) is 12.1 Å². The van der Waals surface area contributed by atoms with Crippen molar-refractivity contribution in [2.75, 3.05) is 45.6 Å². The van der Waals surface area contributed by atoms with Crippen LogP contribution in [0, 0.1) is 5.92 Å². The summed E-state index contributed by atoms with van der Waals surface area (Å²) in [6.07, 6.45) is 3.78. The Morgan fingerprint density at radius 1 is 1.41 bits per heavy atom. The Morgan fingerprint density at radius 3 is 3.11 bits per heavy atom. The Hall–Kier alpha value is -2.51. The summed E-state index contributed by atoms with van der Waals surface area (Å²) in [5.41, 5.74) is 7.10. The average molecular weight is 369 g/mol. The number of nitrogens with one attached hydrogen (secondary N) is 1. The molecule has 1 unspecified atom stereocenters. The van der Waals surface area contributed by atoms with Crippen LogP contribution in [0.5, 0.6) is 0 Å². The molecule has 3 N–H and O–H groups in total. The summed E-state index contributed by atoms with van der Waals surface area (Å²) >= 11 is 0. The smallest absolute Gasteiger partial charge is 0.251 e. The van der Waals surface area contributed by atoms with Crippen LogP contribution in [0.4, 0.5) is 5.82 Å². The van der Waals surface area contributed by atoms with Crippen molar-refractivity contribution >= 4 is 11.7 Å². The quantitative estimate of drug-likeness (QED) is 0.690. The molecule has 1 aliphatic rings. The summed E-state index contributed by atoms with van der Waals surface area (Å²) in [4.78, 5) is 23.4. The van der Waals surface area contributed by atoms with Gasteiger partial charge in [-0.3, -0.25) is 4.79 Å². The third-order valence-corrected chi connectivity index (χ3v) is 4.80. The summed E-state index contributed by atoms with van der Waals surface area (Å²) in [5, 5.41) is 3.06. The number of rotatable bonds is 8. The average Bonchev–Trinajstić information content (AvgIpc) is 3.14. The molecule has 0 aliphatic carbocycles. The van der Waals surface area contributed by atoms with Crippen molar-refractivity contribution in [3.8, 4) is 11.4 Å². The number of benzene rings is 1. The van der Waals surface area contributed by atoms with Crippen molar-refractivity contribution < 1.29 is 9.53 Å². The number of nitrogens with zero attached hydrogens (tertiary/aromatic N) is 3. The van der Waals surface area contributed by atoms with Crippen molar-refractivity contribution in [1.29, 1.82) is 0 Å². The predicted molar refractivity (Wildman–Crippen MR) is 105 cm³/mol. The first-order valence-electron chi connectivity index (χ1n) is 9.34. The first-order chi connectivity index (χ1) is 13.2. The zero-order chi connectivity index (χ0) is 19.1. The molecule has 1 aliphatic heterocycles. The van der Waals surface area contributed by atoms with Gasteiger partial charge in [0.25, 0.3) is 5.91 Å². The molecule has 0 bridgehead atoms. The van der Waals surface area contributed by atoms with Crippen LogP contribution >= 0.6 is 0 Å². The fourth-order valence-corrected chi connectivity index (χ4v) is 3.37. The number of anilines is 1. The molecule has 1 aromatic carbocycles. The molecule has 27 heavy (non-hydrogen) atoms. The molecule has 1 fully saturated rings. The maximum Gasteiger partial charge on any atom is 0.251 e. The molecule has 1 atom stereocenters. The number of nitrogen functional groups attached to an aromatic ring is 1. The highest BCUT2D eigenvalue weighted by Crippen LogP contribution is 2.18. The fraction of sp³-hybridized carbons (Fsp3) is 0.450. The predicted octanol–water partition coefficient (Wildman–Crippen LogP) is 1.81. The van der Waals surface area contributed by atoms with E-state index in [4.69, 9.17) is 10.5 Å². The highest BCUT2D eigenvalue weighted by atomic mass is 16.5. The molecular formula is C20H27N5O2. The van der Waals surface area contributed by atoms with Gasteiger partial charge in [-0.2, -0.15) is 0 Å². The topological polar surface area (TPSA) is 93.4 Å². The van der Waals surface area contributed by atoms with E-state index in [1.165, 1.54) is 0 Å². The molecular weight excluding hydrogens is 342 g/mol. The van der Waals surface area contributed by atoms with Gasteiger partial charge in [-0.25, -0.2) is 9.97 Å². The van der Waals surface area contributed by atoms with Gasteiger partial charge in [0.15, 0.2) is 5.82 Å². The minimum absolute atomic E-state index is 0.0708. The minimum atomic E-state index is -0.0708. The molecule has 2 aromatic rings. The van der Waals surface area contributed by atoms with Crippen LogP contribution in [0.1, 0.15) is 23.2 Å². The number of aromatic nitrogens is 2. The van der Waals surface area contributed by atoms with Crippen LogP contribution in [0.25, 0.3) is 11.4 Å². The molecule has 0 saturated carbocycles. The van der Waals surface area contributed by atoms with E-state index in [1.54, 1.807) is 31.5 Å². The van der Waals surface area contributed by atoms with Gasteiger partial charge in [0.1, 0.15) is 5.82 Å². The van der Waals surface area contributed by atoms with Gasteiger partial charge in [0.2, 0.25) is 0 Å². The van der Waals surface area contributed by atoms with E-state index in [0.717, 1.165) is 44.6 Å². The van der Waals surface area contributed by atoms with Crippen LogP contribution in [0.15, 0.2) is 36.5 Å². The molecule has 3 rings (SSSR count). The summed E-state index contributed by atoms with van der Waals surface area (Å²) in [6, 6.07) is 8.96. The number of carbonyl (C=O) groups is 1. The number of nitrogens with two attached hydrogens (primary N) is 1. The van der Waals surface area contributed by atoms with Gasteiger partial charge >= 0.3 is 0 Å². The number of ether oxygens (including phenoxy) is 1. The third kappa shape index (κ3) is 5.48. The van der Waals surface area contributed by atoms with E-state index < -0.39 is 0 Å². The number of methoxy groups -OCH3 is 1. The van der Waals surface area contributed by atoms with Crippen molar-refractivity contribution in [3.63, 3.8) is 0 Å². The molecule has 144 valence electrons. The van der Waals surface area contributed by atoms with Crippen LogP contribution < -0.4 is 11.1 Å². The summed E-state index contributed by atoms with van der Waals surface area (Å²) < 4.78 is 5.11. The van der Waals surface area contributed by atoms with Crippen LogP contribution in [-0.4, -0.2) is 60.7 Å². The van der Waals surface area contributed by atoms with Crippen LogP contribution in [-0.2, 0) is 4.74 Å². The van der Waals surface area contributed by atoms with E-state index in [0.29, 0.717) is 29.7 Å². The molecule has 0 spiro atoms. The van der Waals surface area contributed by atoms with Gasteiger partial charge in [0.05, 0.1) is 0 Å². The van der Waals surface area contributed by atoms with Crippen LogP contribution in [0.2, 0.25) is 0 Å². The van der Waals surface area contributed by atoms with E-state index >= 15 is 0 Å². The van der Waals surface area contributed by atoms with E-state index in [1.807, 2.05) is 12.1 Å². The van der Waals surface area contributed by atoms with Gasteiger partial charge < -0.3 is 20.7 Å². The van der Waals surface area contributed by atoms with E-state index in [2.05, 4.69) is 20.2 Å². The number of amides is 1. The first kappa shape index (κ1) is 19.3. The molecule has 2 heterocycles. The van der Waals surface area contributed by atoms with Crippen LogP contribution in [0.3, 0.4) is 0 Å². The second-order valence-electron chi connectivity index (χ2n) is 6.90. The Labute approximate surface area is 159 Å². The standard InChI is InChI=1S/C20H27N5O2/c1-27-11-3-9-25-10-7-15(14-25)13-23-20(26)17-5-2-4-16(12-17)19-22-8-6-18(21)24-19/h2,4-6,8,12,15H,3,7,9-11,13-14H2,1H3,(H,23,26)(H2,21,22,24). The minimum Gasteiger partial charge on any atom is -0.385 e. The number of carbonyl (C=O) groups excluding carboxylic acids is 1. The fourth-order valence-electron chi connectivity index (χ4n) is 3.37.